The van der Waals surface area contributed by atoms with Crippen molar-refractivity contribution < 1.29 is 17.2 Å². The molecular weight excluding hydrogens is 224 g/mol. The van der Waals surface area contributed by atoms with E-state index in [-0.39, 0.29) is 12.0 Å². The minimum absolute atomic E-state index is 0.0170. The Morgan fingerprint density at radius 3 is 2.31 bits per heavy atom. The first-order valence-electron chi connectivity index (χ1n) is 3.74. The molecule has 0 saturated heterocycles. The van der Waals surface area contributed by atoms with Gasteiger partial charge in [-0.2, -0.15) is 8.78 Å². The number of halogens is 3. The summed E-state index contributed by atoms with van der Waals surface area (Å²) in [6.07, 6.45) is 1.59. The summed E-state index contributed by atoms with van der Waals surface area (Å²) in [4.78, 5) is 0. The summed E-state index contributed by atoms with van der Waals surface area (Å²) in [5.74, 6) is -3.06. The van der Waals surface area contributed by atoms with Crippen LogP contribution in [0.15, 0.2) is 0 Å². The summed E-state index contributed by atoms with van der Waals surface area (Å²) in [6, 6.07) is 0. The van der Waals surface area contributed by atoms with Crippen LogP contribution in [-0.2, 0) is 10.0 Å². The van der Waals surface area contributed by atoms with Crippen LogP contribution in [0.4, 0.5) is 8.78 Å². The molecule has 1 rings (SSSR count). The van der Waals surface area contributed by atoms with Gasteiger partial charge in [0.05, 0.1) is 0 Å². The van der Waals surface area contributed by atoms with Gasteiger partial charge in [-0.3, -0.25) is 0 Å². The average Bonchev–Trinajstić information content (AvgIpc) is 2.81. The maximum absolute atomic E-state index is 11.8. The second-order valence-electron chi connectivity index (χ2n) is 3.26. The second kappa shape index (κ2) is 3.67. The van der Waals surface area contributed by atoms with Crippen molar-refractivity contribution in [3.8, 4) is 0 Å². The molecule has 13 heavy (non-hydrogen) atoms. The topological polar surface area (TPSA) is 46.2 Å². The lowest BCUT2D eigenvalue weighted by molar-refractivity contribution is 0.232. The average molecular weight is 234 g/mol. The van der Waals surface area contributed by atoms with Gasteiger partial charge in [0.2, 0.25) is 0 Å². The maximum Gasteiger partial charge on any atom is 0.350 e. The quantitative estimate of drug-likeness (QED) is 0.724. The molecule has 0 heterocycles. The number of hydrogen-bond donors (Lipinski definition) is 1. The van der Waals surface area contributed by atoms with Gasteiger partial charge in [0, 0.05) is 12.4 Å². The molecule has 0 radical (unpaired) electrons. The van der Waals surface area contributed by atoms with Crippen LogP contribution in [0.2, 0.25) is 0 Å². The number of alkyl halides is 3. The summed E-state index contributed by atoms with van der Waals surface area (Å²) < 4.78 is 46.7. The Morgan fingerprint density at radius 2 is 2.00 bits per heavy atom. The highest BCUT2D eigenvalue weighted by molar-refractivity contribution is 7.89. The van der Waals surface area contributed by atoms with E-state index in [0.29, 0.717) is 5.88 Å². The fraction of sp³-hybridized carbons (Fsp3) is 1.00. The van der Waals surface area contributed by atoms with Crippen molar-refractivity contribution in [2.24, 2.45) is 5.41 Å². The van der Waals surface area contributed by atoms with Crippen molar-refractivity contribution in [2.75, 3.05) is 12.4 Å². The lowest BCUT2D eigenvalue weighted by Gasteiger charge is -2.11. The van der Waals surface area contributed by atoms with Crippen LogP contribution in [0.3, 0.4) is 0 Å². The Hall–Kier alpha value is 0.0600. The number of nitrogens with one attached hydrogen (secondary N) is 1. The molecule has 78 valence electrons. The van der Waals surface area contributed by atoms with E-state index in [1.54, 1.807) is 0 Å². The summed E-state index contributed by atoms with van der Waals surface area (Å²) >= 11 is 5.54. The van der Waals surface area contributed by atoms with Gasteiger partial charge < -0.3 is 0 Å². The minimum atomic E-state index is -4.44. The van der Waals surface area contributed by atoms with E-state index >= 15 is 0 Å². The van der Waals surface area contributed by atoms with Crippen molar-refractivity contribution in [3.63, 3.8) is 0 Å². The first-order chi connectivity index (χ1) is 5.92. The van der Waals surface area contributed by atoms with E-state index < -0.39 is 15.8 Å². The van der Waals surface area contributed by atoms with Gasteiger partial charge in [0.25, 0.3) is 10.0 Å². The van der Waals surface area contributed by atoms with Crippen LogP contribution in [0.25, 0.3) is 0 Å². The van der Waals surface area contributed by atoms with E-state index in [2.05, 4.69) is 0 Å². The first-order valence-corrected chi connectivity index (χ1v) is 5.83. The maximum atomic E-state index is 11.8. The molecule has 7 heteroatoms. The Kier molecular flexibility index (Phi) is 3.14. The summed E-state index contributed by atoms with van der Waals surface area (Å²) in [5, 5.41) is 0. The molecule has 1 aliphatic carbocycles. The van der Waals surface area contributed by atoms with Crippen LogP contribution in [0, 0.1) is 5.41 Å². The second-order valence-corrected chi connectivity index (χ2v) is 5.26. The largest absolute Gasteiger partial charge is 0.350 e. The Morgan fingerprint density at radius 1 is 1.46 bits per heavy atom. The predicted molar refractivity (Wildman–Crippen MR) is 45.3 cm³/mol. The van der Waals surface area contributed by atoms with Gasteiger partial charge in [-0.25, -0.2) is 13.1 Å². The fourth-order valence-electron chi connectivity index (χ4n) is 0.851. The van der Waals surface area contributed by atoms with Gasteiger partial charge in [0.1, 0.15) is 0 Å². The molecule has 1 N–H and O–H groups in total. The highest BCUT2D eigenvalue weighted by Gasteiger charge is 2.43. The third kappa shape index (κ3) is 2.75. The van der Waals surface area contributed by atoms with Crippen molar-refractivity contribution in [1.82, 2.24) is 4.72 Å². The minimum Gasteiger partial charge on any atom is -0.210 e. The van der Waals surface area contributed by atoms with Crippen LogP contribution < -0.4 is 4.72 Å². The molecule has 0 aliphatic heterocycles. The van der Waals surface area contributed by atoms with Crippen LogP contribution >= 0.6 is 11.6 Å². The number of hydrogen-bond acceptors (Lipinski definition) is 2. The predicted octanol–water partition coefficient (Wildman–Crippen LogP) is 1.15. The van der Waals surface area contributed by atoms with Crippen molar-refractivity contribution in [1.29, 1.82) is 0 Å². The Bertz CT molecular complexity index is 276. The molecule has 0 bridgehead atoms. The summed E-state index contributed by atoms with van der Waals surface area (Å²) in [7, 11) is -4.44. The van der Waals surface area contributed by atoms with Gasteiger partial charge in [0.15, 0.2) is 0 Å². The van der Waals surface area contributed by atoms with Crippen LogP contribution in [-0.4, -0.2) is 26.6 Å². The van der Waals surface area contributed by atoms with Crippen molar-refractivity contribution in [2.45, 2.75) is 18.6 Å². The molecule has 3 nitrogen and oxygen atoms in total. The summed E-state index contributed by atoms with van der Waals surface area (Å²) in [5.41, 5.74) is -0.274. The van der Waals surface area contributed by atoms with Gasteiger partial charge in [-0.05, 0) is 18.3 Å². The zero-order chi connectivity index (χ0) is 10.1. The zero-order valence-corrected chi connectivity index (χ0v) is 8.34. The van der Waals surface area contributed by atoms with E-state index in [0.717, 1.165) is 12.8 Å². The van der Waals surface area contributed by atoms with Gasteiger partial charge in [-0.15, -0.1) is 11.6 Å². The van der Waals surface area contributed by atoms with Crippen LogP contribution in [0.1, 0.15) is 12.8 Å². The van der Waals surface area contributed by atoms with Crippen molar-refractivity contribution in [3.05, 3.63) is 0 Å². The first kappa shape index (κ1) is 11.1. The highest BCUT2D eigenvalue weighted by Crippen LogP contribution is 2.46. The molecule has 0 atom stereocenters. The van der Waals surface area contributed by atoms with Gasteiger partial charge in [-0.1, -0.05) is 0 Å². The third-order valence-corrected chi connectivity index (χ3v) is 3.71. The number of rotatable bonds is 5. The SMILES string of the molecule is O=S(=O)(NCC1(CCl)CC1)C(F)F. The Balaban J connectivity index is 2.43. The molecule has 1 aliphatic rings. The van der Waals surface area contributed by atoms with E-state index in [9.17, 15) is 17.2 Å². The molecular formula is C6H10ClF2NO2S. The van der Waals surface area contributed by atoms with Crippen LogP contribution in [0.5, 0.6) is 0 Å². The molecule has 0 aromatic rings. The zero-order valence-electron chi connectivity index (χ0n) is 6.76. The molecule has 1 saturated carbocycles. The molecule has 0 spiro atoms. The van der Waals surface area contributed by atoms with Gasteiger partial charge >= 0.3 is 5.76 Å². The molecule has 1 fully saturated rings. The lowest BCUT2D eigenvalue weighted by Crippen LogP contribution is -2.34. The van der Waals surface area contributed by atoms with E-state index in [4.69, 9.17) is 11.6 Å². The smallest absolute Gasteiger partial charge is 0.210 e. The standard InChI is InChI=1S/C6H10ClF2NO2S/c7-3-6(1-2-6)4-10-13(11,12)5(8)9/h5,10H,1-4H2. The molecule has 0 aromatic heterocycles. The van der Waals surface area contributed by atoms with E-state index in [1.807, 2.05) is 4.72 Å². The fourth-order valence-corrected chi connectivity index (χ4v) is 1.85. The monoisotopic (exact) mass is 233 g/mol. The molecule has 0 aromatic carbocycles. The van der Waals surface area contributed by atoms with E-state index in [1.165, 1.54) is 0 Å². The summed E-state index contributed by atoms with van der Waals surface area (Å²) in [6.45, 7) is 0.0170. The highest BCUT2D eigenvalue weighted by atomic mass is 35.5. The Labute approximate surface area is 80.5 Å². The lowest BCUT2D eigenvalue weighted by atomic mass is 10.1. The van der Waals surface area contributed by atoms with Crippen molar-refractivity contribution >= 4 is 21.6 Å². The number of sulfonamides is 1. The molecule has 0 amide bonds. The molecule has 0 unspecified atom stereocenters. The third-order valence-electron chi connectivity index (χ3n) is 2.12. The normalized spacial score (nSPS) is 20.6.